The molecule has 148 valence electrons. The number of rotatable bonds is 2. The summed E-state index contributed by atoms with van der Waals surface area (Å²) in [7, 11) is 0. The van der Waals surface area contributed by atoms with Crippen molar-refractivity contribution in [1.82, 2.24) is 9.99 Å². The fourth-order valence-corrected chi connectivity index (χ4v) is 3.76. The zero-order chi connectivity index (χ0) is 20.5. The molecule has 6 N–H and O–H groups in total. The minimum atomic E-state index is 0.494. The molecule has 0 saturated heterocycles. The van der Waals surface area contributed by atoms with E-state index in [1.165, 1.54) is 0 Å². The van der Waals surface area contributed by atoms with Gasteiger partial charge >= 0.3 is 0 Å². The van der Waals surface area contributed by atoms with E-state index in [1.807, 2.05) is 43.3 Å². The number of hydrazine groups is 1. The van der Waals surface area contributed by atoms with Crippen molar-refractivity contribution in [2.45, 2.75) is 6.92 Å². The van der Waals surface area contributed by atoms with Crippen molar-refractivity contribution in [3.8, 4) is 11.1 Å². The van der Waals surface area contributed by atoms with Gasteiger partial charge in [0.15, 0.2) is 0 Å². The Morgan fingerprint density at radius 1 is 1.00 bits per heavy atom. The molecular weight excluding hydrogens is 384 g/mol. The third-order valence-corrected chi connectivity index (χ3v) is 5.28. The Kier molecular flexibility index (Phi) is 5.05. The highest BCUT2D eigenvalue weighted by atomic mass is 35.5. The number of hydrogen-bond donors (Lipinski definition) is 3. The van der Waals surface area contributed by atoms with Crippen LogP contribution in [0.25, 0.3) is 16.8 Å². The summed E-state index contributed by atoms with van der Waals surface area (Å²) in [5.41, 5.74) is 18.5. The molecule has 0 aliphatic carbocycles. The first-order valence-electron chi connectivity index (χ1n) is 9.32. The standard InChI is InChI=1S/C22H23ClN6/c1-14(24)22-19-8-2-15(16-3-9-21(25)27-13-16)12-20(19)28(10-11-29(22)26)18-6-4-17(23)5-7-18/h2-9,12-13H,10-11,24,26H2,1H3,(H2,25,27)/b22-14-. The summed E-state index contributed by atoms with van der Waals surface area (Å²) < 4.78 is 0. The van der Waals surface area contributed by atoms with Gasteiger partial charge in [-0.15, -0.1) is 0 Å². The number of allylic oxidation sites excluding steroid dienone is 1. The second-order valence-corrected chi connectivity index (χ2v) is 7.49. The van der Waals surface area contributed by atoms with Gasteiger partial charge in [0.2, 0.25) is 0 Å². The average molecular weight is 407 g/mol. The number of aromatic nitrogens is 1. The summed E-state index contributed by atoms with van der Waals surface area (Å²) in [5, 5.41) is 2.42. The summed E-state index contributed by atoms with van der Waals surface area (Å²) in [6.45, 7) is 3.19. The van der Waals surface area contributed by atoms with Crippen LogP contribution in [0.15, 0.2) is 66.5 Å². The molecule has 0 bridgehead atoms. The molecular formula is C22H23ClN6. The molecule has 0 spiro atoms. The maximum Gasteiger partial charge on any atom is 0.123 e. The fraction of sp³-hybridized carbons (Fsp3) is 0.136. The zero-order valence-corrected chi connectivity index (χ0v) is 16.9. The average Bonchev–Trinajstić information content (AvgIpc) is 2.85. The molecule has 7 heteroatoms. The van der Waals surface area contributed by atoms with Crippen molar-refractivity contribution < 1.29 is 0 Å². The molecule has 0 amide bonds. The number of pyridine rings is 1. The smallest absolute Gasteiger partial charge is 0.123 e. The molecule has 4 rings (SSSR count). The van der Waals surface area contributed by atoms with E-state index in [1.54, 1.807) is 17.3 Å². The van der Waals surface area contributed by atoms with Gasteiger partial charge in [0.05, 0.1) is 17.9 Å². The molecule has 0 unspecified atom stereocenters. The van der Waals surface area contributed by atoms with E-state index in [-0.39, 0.29) is 0 Å². The van der Waals surface area contributed by atoms with Crippen molar-refractivity contribution in [3.63, 3.8) is 0 Å². The molecule has 1 aliphatic rings. The predicted octanol–water partition coefficient (Wildman–Crippen LogP) is 3.96. The molecule has 1 aliphatic heterocycles. The number of nitrogens with zero attached hydrogens (tertiary/aromatic N) is 3. The van der Waals surface area contributed by atoms with Crippen LogP contribution in [0.4, 0.5) is 17.2 Å². The Morgan fingerprint density at radius 2 is 1.72 bits per heavy atom. The molecule has 0 radical (unpaired) electrons. The van der Waals surface area contributed by atoms with E-state index >= 15 is 0 Å². The second kappa shape index (κ2) is 7.66. The van der Waals surface area contributed by atoms with Crippen LogP contribution in [0.1, 0.15) is 12.5 Å². The maximum absolute atomic E-state index is 6.35. The highest BCUT2D eigenvalue weighted by Crippen LogP contribution is 2.39. The Labute approximate surface area is 175 Å². The van der Waals surface area contributed by atoms with Crippen LogP contribution < -0.4 is 22.2 Å². The van der Waals surface area contributed by atoms with E-state index < -0.39 is 0 Å². The van der Waals surface area contributed by atoms with Crippen molar-refractivity contribution in [3.05, 3.63) is 77.1 Å². The number of anilines is 3. The highest BCUT2D eigenvalue weighted by Gasteiger charge is 2.25. The Balaban J connectivity index is 1.91. The van der Waals surface area contributed by atoms with Gasteiger partial charge in [0.25, 0.3) is 0 Å². The van der Waals surface area contributed by atoms with Gasteiger partial charge in [-0.1, -0.05) is 23.7 Å². The summed E-state index contributed by atoms with van der Waals surface area (Å²) in [6.07, 6.45) is 1.78. The quantitative estimate of drug-likeness (QED) is 0.557. The lowest BCUT2D eigenvalue weighted by Crippen LogP contribution is -2.34. The van der Waals surface area contributed by atoms with Crippen LogP contribution in [0.2, 0.25) is 5.02 Å². The first-order valence-corrected chi connectivity index (χ1v) is 9.70. The molecule has 0 atom stereocenters. The van der Waals surface area contributed by atoms with E-state index in [0.717, 1.165) is 33.8 Å². The molecule has 1 aromatic heterocycles. The highest BCUT2D eigenvalue weighted by molar-refractivity contribution is 6.30. The fourth-order valence-electron chi connectivity index (χ4n) is 3.63. The van der Waals surface area contributed by atoms with Gasteiger partial charge in [-0.05, 0) is 55.0 Å². The number of benzene rings is 2. The molecule has 6 nitrogen and oxygen atoms in total. The largest absolute Gasteiger partial charge is 0.401 e. The van der Waals surface area contributed by atoms with E-state index in [2.05, 4.69) is 22.0 Å². The van der Waals surface area contributed by atoms with Crippen LogP contribution in [0.5, 0.6) is 0 Å². The lowest BCUT2D eigenvalue weighted by atomic mass is 10.00. The van der Waals surface area contributed by atoms with Crippen LogP contribution in [0.3, 0.4) is 0 Å². The van der Waals surface area contributed by atoms with Crippen LogP contribution >= 0.6 is 11.6 Å². The van der Waals surface area contributed by atoms with Crippen molar-refractivity contribution in [2.24, 2.45) is 11.6 Å². The lowest BCUT2D eigenvalue weighted by molar-refractivity contribution is 0.428. The number of hydrogen-bond acceptors (Lipinski definition) is 6. The van der Waals surface area contributed by atoms with Crippen LogP contribution in [-0.4, -0.2) is 23.1 Å². The van der Waals surface area contributed by atoms with Crippen LogP contribution in [-0.2, 0) is 0 Å². The SMILES string of the molecule is C/C(N)=C1\c2ccc(-c3ccc(N)nc3)cc2N(c2ccc(Cl)cc2)CCN1N. The van der Waals surface area contributed by atoms with Gasteiger partial charge in [-0.2, -0.15) is 0 Å². The van der Waals surface area contributed by atoms with E-state index in [4.69, 9.17) is 28.9 Å². The lowest BCUT2D eigenvalue weighted by Gasteiger charge is -2.25. The number of halogens is 1. The summed E-state index contributed by atoms with van der Waals surface area (Å²) in [6, 6.07) is 17.8. The minimum absolute atomic E-state index is 0.494. The topological polar surface area (TPSA) is 97.4 Å². The van der Waals surface area contributed by atoms with Gasteiger partial charge in [-0.25, -0.2) is 10.8 Å². The van der Waals surface area contributed by atoms with Crippen molar-refractivity contribution in [2.75, 3.05) is 23.7 Å². The Hall–Kier alpha value is -3.22. The Bertz CT molecular complexity index is 1060. The second-order valence-electron chi connectivity index (χ2n) is 7.06. The molecule has 2 aromatic carbocycles. The minimum Gasteiger partial charge on any atom is -0.401 e. The molecule has 0 saturated carbocycles. The predicted molar refractivity (Wildman–Crippen MR) is 120 cm³/mol. The molecule has 29 heavy (non-hydrogen) atoms. The van der Waals surface area contributed by atoms with Gasteiger partial charge in [-0.3, -0.25) is 0 Å². The summed E-state index contributed by atoms with van der Waals surface area (Å²) in [5.74, 6) is 6.84. The molecule has 3 aromatic rings. The van der Waals surface area contributed by atoms with E-state index in [0.29, 0.717) is 29.6 Å². The third kappa shape index (κ3) is 3.72. The van der Waals surface area contributed by atoms with Crippen molar-refractivity contribution >= 4 is 34.5 Å². The van der Waals surface area contributed by atoms with Gasteiger partial charge in [0.1, 0.15) is 5.82 Å². The first kappa shape index (κ1) is 19.1. The normalized spacial score (nSPS) is 15.7. The van der Waals surface area contributed by atoms with Crippen molar-refractivity contribution in [1.29, 1.82) is 0 Å². The third-order valence-electron chi connectivity index (χ3n) is 5.03. The number of fused-ring (bicyclic) bond motifs is 1. The summed E-state index contributed by atoms with van der Waals surface area (Å²) in [4.78, 5) is 6.45. The monoisotopic (exact) mass is 406 g/mol. The number of nitrogens with two attached hydrogens (primary N) is 3. The van der Waals surface area contributed by atoms with Gasteiger partial charge in [0, 0.05) is 40.3 Å². The van der Waals surface area contributed by atoms with Gasteiger partial charge < -0.3 is 21.4 Å². The number of nitrogen functional groups attached to an aromatic ring is 1. The maximum atomic E-state index is 6.35. The molecule has 2 heterocycles. The van der Waals surface area contributed by atoms with E-state index in [9.17, 15) is 0 Å². The molecule has 0 fully saturated rings. The Morgan fingerprint density at radius 3 is 2.38 bits per heavy atom. The van der Waals surface area contributed by atoms with Crippen LogP contribution in [0, 0.1) is 0 Å². The zero-order valence-electron chi connectivity index (χ0n) is 16.1. The summed E-state index contributed by atoms with van der Waals surface area (Å²) >= 11 is 6.10. The first-order chi connectivity index (χ1) is 13.9.